The Labute approximate surface area is 138 Å². The monoisotopic (exact) mass is 317 g/mol. The van der Waals surface area contributed by atoms with Crippen LogP contribution in [0.5, 0.6) is 11.5 Å². The van der Waals surface area contributed by atoms with Gasteiger partial charge in [-0.3, -0.25) is 4.99 Å². The topological polar surface area (TPSA) is 68.9 Å². The second-order valence-electron chi connectivity index (χ2n) is 6.91. The van der Waals surface area contributed by atoms with Crippen molar-refractivity contribution in [3.05, 3.63) is 18.2 Å². The van der Waals surface area contributed by atoms with E-state index in [2.05, 4.69) is 17.2 Å². The molecule has 23 heavy (non-hydrogen) atoms. The Morgan fingerprint density at radius 3 is 2.65 bits per heavy atom. The van der Waals surface area contributed by atoms with Crippen LogP contribution in [0.4, 0.5) is 5.69 Å². The first kappa shape index (κ1) is 16.0. The number of hydrogen-bond acceptors (Lipinski definition) is 3. The van der Waals surface area contributed by atoms with Gasteiger partial charge in [0.1, 0.15) is 0 Å². The van der Waals surface area contributed by atoms with Crippen molar-refractivity contribution in [1.29, 1.82) is 0 Å². The molecule has 3 rings (SSSR count). The fourth-order valence-electron chi connectivity index (χ4n) is 3.27. The van der Waals surface area contributed by atoms with Crippen LogP contribution in [0, 0.1) is 5.41 Å². The largest absolute Gasteiger partial charge is 0.490 e. The molecular weight excluding hydrogens is 290 g/mol. The molecule has 2 aliphatic rings. The van der Waals surface area contributed by atoms with Gasteiger partial charge in [0.25, 0.3) is 0 Å². The van der Waals surface area contributed by atoms with Gasteiger partial charge in [0, 0.05) is 24.7 Å². The van der Waals surface area contributed by atoms with Crippen molar-refractivity contribution < 1.29 is 9.47 Å². The molecule has 0 bridgehead atoms. The van der Waals surface area contributed by atoms with Crippen LogP contribution in [0.15, 0.2) is 23.2 Å². The van der Waals surface area contributed by atoms with Gasteiger partial charge in [-0.15, -0.1) is 0 Å². The van der Waals surface area contributed by atoms with Crippen LogP contribution in [0.2, 0.25) is 0 Å². The maximum atomic E-state index is 6.06. The number of nitrogens with two attached hydrogens (primary N) is 1. The van der Waals surface area contributed by atoms with E-state index >= 15 is 0 Å². The zero-order valence-electron chi connectivity index (χ0n) is 13.9. The van der Waals surface area contributed by atoms with Gasteiger partial charge in [-0.05, 0) is 30.4 Å². The summed E-state index contributed by atoms with van der Waals surface area (Å²) in [5, 5.41) is 3.16. The van der Waals surface area contributed by atoms with E-state index in [0.717, 1.165) is 30.2 Å². The van der Waals surface area contributed by atoms with E-state index in [1.165, 1.54) is 32.1 Å². The zero-order chi connectivity index (χ0) is 16.1. The molecule has 0 unspecified atom stereocenters. The highest BCUT2D eigenvalue weighted by atomic mass is 16.5. The number of aliphatic imine (C=N–C) groups is 1. The average Bonchev–Trinajstić information content (AvgIpc) is 2.79. The van der Waals surface area contributed by atoms with E-state index in [-0.39, 0.29) is 0 Å². The van der Waals surface area contributed by atoms with Gasteiger partial charge in [0.15, 0.2) is 17.5 Å². The molecule has 0 spiro atoms. The maximum absolute atomic E-state index is 6.06. The Morgan fingerprint density at radius 2 is 1.87 bits per heavy atom. The van der Waals surface area contributed by atoms with Gasteiger partial charge in [-0.25, -0.2) is 0 Å². The summed E-state index contributed by atoms with van der Waals surface area (Å²) < 4.78 is 11.3. The molecule has 1 aliphatic heterocycles. The summed E-state index contributed by atoms with van der Waals surface area (Å²) in [6.45, 7) is 4.48. The number of benzene rings is 1. The highest BCUT2D eigenvalue weighted by molar-refractivity contribution is 5.92. The lowest BCUT2D eigenvalue weighted by atomic mass is 9.76. The molecule has 1 heterocycles. The number of guanidine groups is 1. The Balaban J connectivity index is 1.62. The minimum Gasteiger partial charge on any atom is -0.490 e. The van der Waals surface area contributed by atoms with Crippen molar-refractivity contribution in [3.63, 3.8) is 0 Å². The minimum absolute atomic E-state index is 0.301. The lowest BCUT2D eigenvalue weighted by Gasteiger charge is -2.31. The first-order valence-electron chi connectivity index (χ1n) is 8.61. The number of rotatable bonds is 3. The van der Waals surface area contributed by atoms with Crippen molar-refractivity contribution in [2.75, 3.05) is 25.1 Å². The normalized spacial score (nSPS) is 20.7. The fraction of sp³-hybridized carbons (Fsp3) is 0.611. The van der Waals surface area contributed by atoms with Gasteiger partial charge in [-0.2, -0.15) is 0 Å². The summed E-state index contributed by atoms with van der Waals surface area (Å²) in [6.07, 6.45) is 7.36. The van der Waals surface area contributed by atoms with Crippen molar-refractivity contribution in [1.82, 2.24) is 0 Å². The molecule has 5 heteroatoms. The predicted octanol–water partition coefficient (Wildman–Crippen LogP) is 3.54. The van der Waals surface area contributed by atoms with E-state index in [4.69, 9.17) is 15.2 Å². The van der Waals surface area contributed by atoms with Crippen molar-refractivity contribution in [3.8, 4) is 11.5 Å². The summed E-state index contributed by atoms with van der Waals surface area (Å²) in [7, 11) is 0. The van der Waals surface area contributed by atoms with Crippen LogP contribution < -0.4 is 20.5 Å². The van der Waals surface area contributed by atoms with Gasteiger partial charge < -0.3 is 20.5 Å². The second kappa shape index (κ2) is 7.11. The molecule has 5 nitrogen and oxygen atoms in total. The van der Waals surface area contributed by atoms with Crippen LogP contribution in [-0.4, -0.2) is 25.7 Å². The molecular formula is C18H27N3O2. The first-order chi connectivity index (χ1) is 11.1. The molecule has 3 N–H and O–H groups in total. The Morgan fingerprint density at radius 1 is 1.13 bits per heavy atom. The summed E-state index contributed by atoms with van der Waals surface area (Å²) >= 11 is 0. The quantitative estimate of drug-likeness (QED) is 0.661. The summed E-state index contributed by atoms with van der Waals surface area (Å²) in [4.78, 5) is 4.56. The molecule has 1 aromatic carbocycles. The predicted molar refractivity (Wildman–Crippen MR) is 93.4 cm³/mol. The van der Waals surface area contributed by atoms with Gasteiger partial charge >= 0.3 is 0 Å². The van der Waals surface area contributed by atoms with Crippen LogP contribution in [0.1, 0.15) is 45.4 Å². The Bertz CT molecular complexity index is 565. The lowest BCUT2D eigenvalue weighted by molar-refractivity contribution is 0.227. The van der Waals surface area contributed by atoms with E-state index in [1.807, 2.05) is 18.2 Å². The first-order valence-corrected chi connectivity index (χ1v) is 8.61. The van der Waals surface area contributed by atoms with Crippen LogP contribution in [-0.2, 0) is 0 Å². The molecule has 126 valence electrons. The number of nitrogens with zero attached hydrogens (tertiary/aromatic N) is 1. The second-order valence-corrected chi connectivity index (χ2v) is 6.91. The van der Waals surface area contributed by atoms with Gasteiger partial charge in [-0.1, -0.05) is 26.2 Å². The zero-order valence-corrected chi connectivity index (χ0v) is 13.9. The maximum Gasteiger partial charge on any atom is 0.193 e. The van der Waals surface area contributed by atoms with Crippen molar-refractivity contribution in [2.24, 2.45) is 16.1 Å². The van der Waals surface area contributed by atoms with Gasteiger partial charge in [0.05, 0.1) is 13.2 Å². The number of nitrogens with one attached hydrogen (secondary N) is 1. The standard InChI is InChI=1S/C18H27N3O2/c1-18(8-3-2-4-9-18)13-20-17(19)21-14-6-7-15-16(12-14)23-11-5-10-22-15/h6-7,12H,2-5,8-11,13H2,1H3,(H3,19,20,21). The Hall–Kier alpha value is -1.91. The third-order valence-electron chi connectivity index (χ3n) is 4.71. The highest BCUT2D eigenvalue weighted by Crippen LogP contribution is 2.36. The molecule has 0 aromatic heterocycles. The third-order valence-corrected chi connectivity index (χ3v) is 4.71. The highest BCUT2D eigenvalue weighted by Gasteiger charge is 2.26. The molecule has 1 saturated carbocycles. The third kappa shape index (κ3) is 4.30. The van der Waals surface area contributed by atoms with E-state index in [1.54, 1.807) is 0 Å². The Kier molecular flexibility index (Phi) is 4.94. The number of fused-ring (bicyclic) bond motifs is 1. The smallest absolute Gasteiger partial charge is 0.193 e. The summed E-state index contributed by atoms with van der Waals surface area (Å²) in [6, 6.07) is 5.78. The van der Waals surface area contributed by atoms with Crippen LogP contribution in [0.3, 0.4) is 0 Å². The van der Waals surface area contributed by atoms with E-state index in [9.17, 15) is 0 Å². The molecule has 1 aromatic rings. The average molecular weight is 317 g/mol. The van der Waals surface area contributed by atoms with Crippen LogP contribution in [0.25, 0.3) is 0 Å². The SMILES string of the molecule is CC1(CN=C(N)Nc2ccc3c(c2)OCCCO3)CCCCC1. The fourth-order valence-corrected chi connectivity index (χ4v) is 3.27. The summed E-state index contributed by atoms with van der Waals surface area (Å²) in [5.74, 6) is 2.02. The number of hydrogen-bond donors (Lipinski definition) is 2. The molecule has 1 fully saturated rings. The lowest BCUT2D eigenvalue weighted by Crippen LogP contribution is -2.28. The van der Waals surface area contributed by atoms with Gasteiger partial charge in [0.2, 0.25) is 0 Å². The van der Waals surface area contributed by atoms with Crippen molar-refractivity contribution in [2.45, 2.75) is 45.4 Å². The van der Waals surface area contributed by atoms with E-state index in [0.29, 0.717) is 24.6 Å². The van der Waals surface area contributed by atoms with Crippen LogP contribution >= 0.6 is 0 Å². The molecule has 0 atom stereocenters. The molecule has 0 radical (unpaired) electrons. The van der Waals surface area contributed by atoms with Crippen molar-refractivity contribution >= 4 is 11.6 Å². The molecule has 0 saturated heterocycles. The molecule has 1 aliphatic carbocycles. The summed E-state index contributed by atoms with van der Waals surface area (Å²) in [5.41, 5.74) is 7.24. The minimum atomic E-state index is 0.301. The number of anilines is 1. The van der Waals surface area contributed by atoms with E-state index < -0.39 is 0 Å². The number of ether oxygens (including phenoxy) is 2. The molecule has 0 amide bonds.